The Morgan fingerprint density at radius 2 is 0.687 bits per heavy atom. The number of aromatic nitrogens is 3. The van der Waals surface area contributed by atoms with Gasteiger partial charge in [0.05, 0.1) is 5.41 Å². The maximum absolute atomic E-state index is 5.43. The first kappa shape index (κ1) is 39.4. The molecule has 3 aliphatic rings. The Bertz CT molecular complexity index is 3570. The Balaban J connectivity index is 1.07. The van der Waals surface area contributed by atoms with Gasteiger partial charge in [-0.05, 0) is 101 Å². The van der Waals surface area contributed by atoms with Crippen molar-refractivity contribution in [2.24, 2.45) is 0 Å². The number of benzene rings is 9. The average molecular weight is 858 g/mol. The lowest BCUT2D eigenvalue weighted by atomic mass is 9.55. The van der Waals surface area contributed by atoms with Crippen LogP contribution in [0.15, 0.2) is 212 Å². The van der Waals surface area contributed by atoms with Crippen molar-refractivity contribution in [3.05, 3.63) is 257 Å². The van der Waals surface area contributed by atoms with Gasteiger partial charge < -0.3 is 0 Å². The minimum atomic E-state index is -0.588. The molecule has 1 spiro atoms. The first-order chi connectivity index (χ1) is 32.7. The summed E-state index contributed by atoms with van der Waals surface area (Å²) in [7, 11) is 0. The van der Waals surface area contributed by atoms with Gasteiger partial charge in [0.15, 0.2) is 17.5 Å². The summed E-state index contributed by atoms with van der Waals surface area (Å²) in [5, 5.41) is 0. The van der Waals surface area contributed by atoms with E-state index in [1.54, 1.807) is 0 Å². The Morgan fingerprint density at radius 3 is 1.36 bits per heavy atom. The Labute approximate surface area is 392 Å². The molecular weight excluding hydrogens is 811 g/mol. The molecule has 0 atom stereocenters. The minimum Gasteiger partial charge on any atom is -0.208 e. The summed E-state index contributed by atoms with van der Waals surface area (Å²) in [5.41, 5.74) is 22.3. The lowest BCUT2D eigenvalue weighted by Crippen LogP contribution is -2.40. The molecular formula is C64H47N3. The Hall–Kier alpha value is -8.01. The fraction of sp³-hybridized carbons (Fsp3) is 0.109. The van der Waals surface area contributed by atoms with Gasteiger partial charge in [0.1, 0.15) is 0 Å². The monoisotopic (exact) mass is 857 g/mol. The molecule has 3 heteroatoms. The molecule has 3 nitrogen and oxygen atoms in total. The Morgan fingerprint density at radius 1 is 0.254 bits per heavy atom. The highest BCUT2D eigenvalue weighted by molar-refractivity contribution is 5.97. The van der Waals surface area contributed by atoms with Crippen molar-refractivity contribution in [1.82, 2.24) is 15.0 Å². The third kappa shape index (κ3) is 5.67. The maximum Gasteiger partial charge on any atom is 0.164 e. The van der Waals surface area contributed by atoms with Gasteiger partial charge in [0.2, 0.25) is 0 Å². The molecule has 0 N–H and O–H groups in total. The SMILES string of the molecule is CC1(C)c2ccccc2-c2ccc(-c3ccc4c(c3)-c3c(-c5nc(-c6ccccc6)nc(-c6ccc(-c7ccccc7)cc6)n5)cccc3C43c4ccccc4C(C)(C)c4ccccc43)cc21. The molecule has 0 saturated heterocycles. The molecule has 0 fully saturated rings. The second-order valence-corrected chi connectivity index (χ2v) is 19.5. The fourth-order valence-electron chi connectivity index (χ4n) is 12.0. The molecule has 318 valence electrons. The van der Waals surface area contributed by atoms with Crippen molar-refractivity contribution >= 4 is 0 Å². The number of nitrogens with zero attached hydrogens (tertiary/aromatic N) is 3. The number of fused-ring (bicyclic) bond motifs is 12. The van der Waals surface area contributed by atoms with Crippen molar-refractivity contribution < 1.29 is 0 Å². The summed E-state index contributed by atoms with van der Waals surface area (Å²) in [6.45, 7) is 9.48. The summed E-state index contributed by atoms with van der Waals surface area (Å²) in [6, 6.07) is 77.7. The van der Waals surface area contributed by atoms with Crippen LogP contribution < -0.4 is 0 Å². The van der Waals surface area contributed by atoms with E-state index in [9.17, 15) is 0 Å². The van der Waals surface area contributed by atoms with E-state index in [-0.39, 0.29) is 10.8 Å². The van der Waals surface area contributed by atoms with Gasteiger partial charge in [0.25, 0.3) is 0 Å². The summed E-state index contributed by atoms with van der Waals surface area (Å²) in [5.74, 6) is 1.93. The van der Waals surface area contributed by atoms with Gasteiger partial charge >= 0.3 is 0 Å². The highest BCUT2D eigenvalue weighted by Gasteiger charge is 2.54. The van der Waals surface area contributed by atoms with Crippen LogP contribution in [0.1, 0.15) is 72.2 Å². The second-order valence-electron chi connectivity index (χ2n) is 19.5. The van der Waals surface area contributed by atoms with Crippen molar-refractivity contribution in [2.75, 3.05) is 0 Å². The van der Waals surface area contributed by atoms with Crippen molar-refractivity contribution in [2.45, 2.75) is 43.9 Å². The van der Waals surface area contributed by atoms with Gasteiger partial charge in [0, 0.05) is 27.5 Å². The molecule has 0 aliphatic heterocycles. The highest BCUT2D eigenvalue weighted by atomic mass is 15.0. The van der Waals surface area contributed by atoms with Gasteiger partial charge in [-0.25, -0.2) is 15.0 Å². The molecule has 0 radical (unpaired) electrons. The summed E-state index contributed by atoms with van der Waals surface area (Å²) in [4.78, 5) is 16.0. The van der Waals surface area contributed by atoms with E-state index >= 15 is 0 Å². The molecule has 3 aliphatic carbocycles. The number of rotatable bonds is 5. The molecule has 1 aromatic heterocycles. The third-order valence-electron chi connectivity index (χ3n) is 15.2. The van der Waals surface area contributed by atoms with Gasteiger partial charge in [-0.1, -0.05) is 228 Å². The van der Waals surface area contributed by atoms with E-state index < -0.39 is 5.41 Å². The van der Waals surface area contributed by atoms with Crippen LogP contribution >= 0.6 is 0 Å². The summed E-state index contributed by atoms with van der Waals surface area (Å²) >= 11 is 0. The van der Waals surface area contributed by atoms with E-state index in [2.05, 4.69) is 222 Å². The molecule has 0 bridgehead atoms. The van der Waals surface area contributed by atoms with E-state index in [1.165, 1.54) is 77.9 Å². The number of hydrogen-bond donors (Lipinski definition) is 0. The molecule has 13 rings (SSSR count). The predicted octanol–water partition coefficient (Wildman–Crippen LogP) is 15.5. The zero-order valence-electron chi connectivity index (χ0n) is 38.0. The maximum atomic E-state index is 5.43. The van der Waals surface area contributed by atoms with Crippen LogP contribution in [0, 0.1) is 0 Å². The zero-order valence-corrected chi connectivity index (χ0v) is 38.0. The minimum absolute atomic E-state index is 0.112. The smallest absolute Gasteiger partial charge is 0.164 e. The molecule has 1 heterocycles. The van der Waals surface area contributed by atoms with Crippen LogP contribution in [0.5, 0.6) is 0 Å². The van der Waals surface area contributed by atoms with Gasteiger partial charge in [-0.2, -0.15) is 0 Å². The third-order valence-corrected chi connectivity index (χ3v) is 15.2. The Kier molecular flexibility index (Phi) is 8.52. The first-order valence-corrected chi connectivity index (χ1v) is 23.4. The summed E-state index contributed by atoms with van der Waals surface area (Å²) in [6.07, 6.45) is 0. The standard InChI is InChI=1S/C64H47N3/c1-62(2)50-24-12-11-22-46(50)47-36-34-45(39-57(47)62)44-35-37-51-49(38-44)58-48(23-17-29-56(58)64(51)54-27-15-13-25-52(54)63(3,4)53-26-14-16-28-55(53)64)61-66-59(42-20-9-6-10-21-42)65-60(67-61)43-32-30-41(31-33-43)40-18-7-5-8-19-40/h5-39H,1-4H3. The van der Waals surface area contributed by atoms with Crippen molar-refractivity contribution in [3.63, 3.8) is 0 Å². The van der Waals surface area contributed by atoms with Gasteiger partial charge in [-0.15, -0.1) is 0 Å². The first-order valence-electron chi connectivity index (χ1n) is 23.4. The van der Waals surface area contributed by atoms with E-state index in [4.69, 9.17) is 15.0 Å². The average Bonchev–Trinajstić information content (AvgIpc) is 3.81. The normalized spacial score (nSPS) is 14.9. The van der Waals surface area contributed by atoms with Crippen LogP contribution in [0.25, 0.3) is 78.7 Å². The highest BCUT2D eigenvalue weighted by Crippen LogP contribution is 2.64. The zero-order chi connectivity index (χ0) is 45.1. The quantitative estimate of drug-likeness (QED) is 0.173. The predicted molar refractivity (Wildman–Crippen MR) is 274 cm³/mol. The molecule has 67 heavy (non-hydrogen) atoms. The fourth-order valence-corrected chi connectivity index (χ4v) is 12.0. The van der Waals surface area contributed by atoms with Crippen LogP contribution in [0.3, 0.4) is 0 Å². The summed E-state index contributed by atoms with van der Waals surface area (Å²) < 4.78 is 0. The molecule has 0 amide bonds. The molecule has 9 aromatic carbocycles. The second kappa shape index (κ2) is 14.5. The van der Waals surface area contributed by atoms with Crippen LogP contribution in [-0.4, -0.2) is 15.0 Å². The molecule has 10 aromatic rings. The van der Waals surface area contributed by atoms with E-state index in [0.29, 0.717) is 17.5 Å². The van der Waals surface area contributed by atoms with E-state index in [0.717, 1.165) is 27.8 Å². The largest absolute Gasteiger partial charge is 0.208 e. The molecule has 0 saturated carbocycles. The topological polar surface area (TPSA) is 38.7 Å². The van der Waals surface area contributed by atoms with Crippen LogP contribution in [0.4, 0.5) is 0 Å². The van der Waals surface area contributed by atoms with Crippen molar-refractivity contribution in [1.29, 1.82) is 0 Å². The molecule has 0 unspecified atom stereocenters. The lowest BCUT2D eigenvalue weighted by molar-refractivity contribution is 0.563. The van der Waals surface area contributed by atoms with Gasteiger partial charge in [-0.3, -0.25) is 0 Å². The van der Waals surface area contributed by atoms with Crippen LogP contribution in [0.2, 0.25) is 0 Å². The van der Waals surface area contributed by atoms with Crippen molar-refractivity contribution in [3.8, 4) is 78.7 Å². The van der Waals surface area contributed by atoms with E-state index in [1.807, 2.05) is 18.2 Å². The number of hydrogen-bond acceptors (Lipinski definition) is 3. The lowest BCUT2D eigenvalue weighted by Gasteiger charge is -2.46. The van der Waals surface area contributed by atoms with Crippen LogP contribution in [-0.2, 0) is 16.2 Å².